The highest BCUT2D eigenvalue weighted by Crippen LogP contribution is 2.47. The van der Waals surface area contributed by atoms with Gasteiger partial charge in [0.25, 0.3) is 0 Å². The molecule has 0 fully saturated rings. The molecule has 10 aromatic rings. The number of aromatic amines is 1. The minimum Gasteiger partial charge on any atom is -0.454 e. The Morgan fingerprint density at radius 2 is 1.31 bits per heavy atom. The number of hydrogen-bond donors (Lipinski definition) is 1. The number of nitrogens with zero attached hydrogens (tertiary/aromatic N) is 2. The summed E-state index contributed by atoms with van der Waals surface area (Å²) in [6, 6.07) is 39.3. The average Bonchev–Trinajstić information content (AvgIpc) is 3.89. The van der Waals surface area contributed by atoms with Gasteiger partial charge in [-0.25, -0.2) is 0 Å². The Kier molecular flexibility index (Phi) is 4.99. The number of furan rings is 1. The zero-order chi connectivity index (χ0) is 29.6. The van der Waals surface area contributed by atoms with Crippen LogP contribution in [0.25, 0.3) is 98.9 Å². The fourth-order valence-corrected chi connectivity index (χ4v) is 8.67. The highest BCUT2D eigenvalue weighted by molar-refractivity contribution is 7.27. The number of rotatable bonds is 4. The quantitative estimate of drug-likeness (QED) is 0.216. The first-order chi connectivity index (χ1) is 22.3. The van der Waals surface area contributed by atoms with Crippen LogP contribution < -0.4 is 0 Å². The summed E-state index contributed by atoms with van der Waals surface area (Å²) in [7, 11) is 0. The van der Waals surface area contributed by atoms with Crippen LogP contribution in [0.4, 0.5) is 0 Å². The van der Waals surface area contributed by atoms with Crippen molar-refractivity contribution in [2.45, 2.75) is 0 Å². The van der Waals surface area contributed by atoms with Crippen LogP contribution in [0.2, 0.25) is 0 Å². The summed E-state index contributed by atoms with van der Waals surface area (Å²) in [4.78, 5) is 3.32. The molecule has 0 bridgehead atoms. The number of aromatic nitrogens is 3. The van der Waals surface area contributed by atoms with Gasteiger partial charge < -0.3 is 18.5 Å². The fourth-order valence-electron chi connectivity index (χ4n) is 7.25. The molecule has 0 amide bonds. The Morgan fingerprint density at radius 1 is 0.644 bits per heavy atom. The van der Waals surface area contributed by atoms with Gasteiger partial charge in [-0.1, -0.05) is 73.3 Å². The van der Waals surface area contributed by atoms with E-state index in [1.165, 1.54) is 69.5 Å². The standard InChI is InChI=1S/C40H25N3OS/c1-2-34-29(38-35(44-34)20-22-41-38)21-23-42-30-14-8-6-12-27(30)36-32(42)18-16-25-26-17-19-33-37(40(26)45-39(25)36)28-13-7-9-15-31(28)43(33)24-10-4-3-5-11-24/h2-23,41H,1H2/b23-21+. The summed E-state index contributed by atoms with van der Waals surface area (Å²) in [6.45, 7) is 3.98. The van der Waals surface area contributed by atoms with E-state index in [-0.39, 0.29) is 0 Å². The van der Waals surface area contributed by atoms with E-state index >= 15 is 0 Å². The largest absolute Gasteiger partial charge is 0.454 e. The third-order valence-corrected chi connectivity index (χ3v) is 10.4. The SMILES string of the molecule is C=Cc1oc2cc[nH]c2c1/C=C/n1c2ccccc2c2c3sc4c(ccc5c4c4ccccc4n5-c4ccccc4)c3ccc21. The van der Waals surface area contributed by atoms with E-state index in [1.54, 1.807) is 6.08 Å². The molecule has 1 N–H and O–H groups in total. The number of nitrogens with one attached hydrogen (secondary N) is 1. The molecule has 4 nitrogen and oxygen atoms in total. The molecule has 45 heavy (non-hydrogen) atoms. The van der Waals surface area contributed by atoms with Gasteiger partial charge in [-0.2, -0.15) is 0 Å². The Hall–Kier alpha value is -5.78. The predicted octanol–water partition coefficient (Wildman–Crippen LogP) is 11.6. The second-order valence-electron chi connectivity index (χ2n) is 11.5. The molecule has 0 unspecified atom stereocenters. The van der Waals surface area contributed by atoms with Crippen molar-refractivity contribution in [3.63, 3.8) is 0 Å². The van der Waals surface area contributed by atoms with Crippen LogP contribution in [-0.2, 0) is 0 Å². The summed E-state index contributed by atoms with van der Waals surface area (Å²) in [5.74, 6) is 0.763. The lowest BCUT2D eigenvalue weighted by Crippen LogP contribution is -1.92. The molecule has 5 aromatic heterocycles. The minimum absolute atomic E-state index is 0.763. The summed E-state index contributed by atoms with van der Waals surface area (Å²) in [6.07, 6.45) is 7.97. The van der Waals surface area contributed by atoms with Crippen molar-refractivity contribution in [3.8, 4) is 5.69 Å². The number of benzene rings is 5. The normalized spacial score (nSPS) is 12.4. The van der Waals surface area contributed by atoms with Crippen LogP contribution in [0.1, 0.15) is 11.3 Å². The molecule has 0 aliphatic carbocycles. The van der Waals surface area contributed by atoms with Gasteiger partial charge >= 0.3 is 0 Å². The first-order valence-corrected chi connectivity index (χ1v) is 15.9. The topological polar surface area (TPSA) is 38.8 Å². The smallest absolute Gasteiger partial charge is 0.153 e. The Labute approximate surface area is 261 Å². The fraction of sp³-hybridized carbons (Fsp3) is 0. The first kappa shape index (κ1) is 24.6. The molecular weight excluding hydrogens is 571 g/mol. The summed E-state index contributed by atoms with van der Waals surface area (Å²) < 4.78 is 13.4. The van der Waals surface area contributed by atoms with Gasteiger partial charge in [0.2, 0.25) is 0 Å². The maximum atomic E-state index is 6.01. The van der Waals surface area contributed by atoms with E-state index < -0.39 is 0 Å². The molecule has 212 valence electrons. The zero-order valence-corrected chi connectivity index (χ0v) is 24.9. The van der Waals surface area contributed by atoms with Crippen molar-refractivity contribution in [2.75, 3.05) is 0 Å². The number of H-pyrrole nitrogens is 1. The summed E-state index contributed by atoms with van der Waals surface area (Å²) in [5, 5.41) is 7.73. The number of para-hydroxylation sites is 3. The minimum atomic E-state index is 0.763. The van der Waals surface area contributed by atoms with E-state index in [0.29, 0.717) is 0 Å². The number of thiophene rings is 1. The van der Waals surface area contributed by atoms with Crippen molar-refractivity contribution < 1.29 is 4.42 Å². The molecule has 5 heterocycles. The van der Waals surface area contributed by atoms with Crippen molar-refractivity contribution in [3.05, 3.63) is 133 Å². The third kappa shape index (κ3) is 3.30. The molecule has 5 heteroatoms. The zero-order valence-electron chi connectivity index (χ0n) is 24.1. The van der Waals surface area contributed by atoms with Gasteiger partial charge in [-0.15, -0.1) is 11.3 Å². The Bertz CT molecular complexity index is 2830. The maximum absolute atomic E-state index is 6.01. The lowest BCUT2D eigenvalue weighted by molar-refractivity contribution is 0.604. The van der Waals surface area contributed by atoms with Gasteiger partial charge in [-0.3, -0.25) is 0 Å². The second-order valence-corrected chi connectivity index (χ2v) is 12.5. The number of fused-ring (bicyclic) bond motifs is 12. The third-order valence-electron chi connectivity index (χ3n) is 9.17. The average molecular weight is 596 g/mol. The molecule has 0 saturated heterocycles. The van der Waals surface area contributed by atoms with Gasteiger partial charge in [0.1, 0.15) is 5.76 Å². The van der Waals surface area contributed by atoms with E-state index in [1.807, 2.05) is 23.6 Å². The molecule has 5 aromatic carbocycles. The molecule has 0 radical (unpaired) electrons. The Balaban J connectivity index is 1.28. The number of hydrogen-bond acceptors (Lipinski definition) is 2. The van der Waals surface area contributed by atoms with Crippen LogP contribution in [0, 0.1) is 0 Å². The van der Waals surface area contributed by atoms with Gasteiger partial charge in [0.15, 0.2) is 5.58 Å². The lowest BCUT2D eigenvalue weighted by Gasteiger charge is -2.07. The predicted molar refractivity (Wildman–Crippen MR) is 193 cm³/mol. The molecule has 0 spiro atoms. The van der Waals surface area contributed by atoms with Gasteiger partial charge in [0, 0.05) is 65.4 Å². The van der Waals surface area contributed by atoms with Crippen LogP contribution in [0.15, 0.2) is 126 Å². The van der Waals surface area contributed by atoms with Crippen LogP contribution in [0.5, 0.6) is 0 Å². The lowest BCUT2D eigenvalue weighted by atomic mass is 10.1. The van der Waals surface area contributed by atoms with Gasteiger partial charge in [-0.05, 0) is 54.6 Å². The second kappa shape index (κ2) is 9.11. The van der Waals surface area contributed by atoms with E-state index in [2.05, 4.69) is 136 Å². The molecule has 0 atom stereocenters. The van der Waals surface area contributed by atoms with E-state index in [9.17, 15) is 0 Å². The van der Waals surface area contributed by atoms with Crippen LogP contribution in [-0.4, -0.2) is 14.1 Å². The van der Waals surface area contributed by atoms with E-state index in [0.717, 1.165) is 22.4 Å². The van der Waals surface area contributed by atoms with Crippen LogP contribution >= 0.6 is 11.3 Å². The molecule has 0 saturated carbocycles. The molecule has 0 aliphatic heterocycles. The van der Waals surface area contributed by atoms with Crippen molar-refractivity contribution in [2.24, 2.45) is 0 Å². The van der Waals surface area contributed by atoms with Gasteiger partial charge in [0.05, 0.1) is 27.6 Å². The molecule has 0 aliphatic rings. The van der Waals surface area contributed by atoms with Crippen molar-refractivity contribution in [1.29, 1.82) is 0 Å². The first-order valence-electron chi connectivity index (χ1n) is 15.1. The maximum Gasteiger partial charge on any atom is 0.153 e. The summed E-state index contributed by atoms with van der Waals surface area (Å²) >= 11 is 1.91. The van der Waals surface area contributed by atoms with Crippen molar-refractivity contribution in [1.82, 2.24) is 14.1 Å². The summed E-state index contributed by atoms with van der Waals surface area (Å²) in [5.41, 5.74) is 8.80. The Morgan fingerprint density at radius 3 is 2.09 bits per heavy atom. The van der Waals surface area contributed by atoms with E-state index in [4.69, 9.17) is 4.42 Å². The van der Waals surface area contributed by atoms with Crippen molar-refractivity contribution >= 4 is 105 Å². The highest BCUT2D eigenvalue weighted by atomic mass is 32.1. The van der Waals surface area contributed by atoms with Crippen LogP contribution in [0.3, 0.4) is 0 Å². The molecular formula is C40H25N3OS. The monoisotopic (exact) mass is 595 g/mol. The molecule has 10 rings (SSSR count). The highest BCUT2D eigenvalue weighted by Gasteiger charge is 2.20.